The van der Waals surface area contributed by atoms with E-state index in [4.69, 9.17) is 11.6 Å². The quantitative estimate of drug-likeness (QED) is 0.831. The van der Waals surface area contributed by atoms with Gasteiger partial charge in [-0.2, -0.15) is 0 Å². The Morgan fingerprint density at radius 2 is 2.33 bits per heavy atom. The molecule has 6 nitrogen and oxygen atoms in total. The number of carboxylic acids is 1. The summed E-state index contributed by atoms with van der Waals surface area (Å²) in [6, 6.07) is 3.05. The summed E-state index contributed by atoms with van der Waals surface area (Å²) in [5.41, 5.74) is 0. The highest BCUT2D eigenvalue weighted by Crippen LogP contribution is 2.22. The van der Waals surface area contributed by atoms with Crippen LogP contribution in [0.15, 0.2) is 12.1 Å². The minimum atomic E-state index is -0.900. The second-order valence-corrected chi connectivity index (χ2v) is 6.78. The number of carbonyl (C=O) groups excluding carboxylic acids is 1. The van der Waals surface area contributed by atoms with Crippen molar-refractivity contribution in [1.29, 1.82) is 0 Å². The summed E-state index contributed by atoms with van der Waals surface area (Å²) in [6.07, 6.45) is 0. The van der Waals surface area contributed by atoms with Crippen molar-refractivity contribution < 1.29 is 14.7 Å². The molecule has 1 unspecified atom stereocenters. The summed E-state index contributed by atoms with van der Waals surface area (Å²) in [4.78, 5) is 27.7. The molecule has 116 valence electrons. The van der Waals surface area contributed by atoms with E-state index in [-0.39, 0.29) is 12.5 Å². The lowest BCUT2D eigenvalue weighted by Gasteiger charge is -2.33. The van der Waals surface area contributed by atoms with E-state index >= 15 is 0 Å². The average molecular weight is 332 g/mol. The van der Waals surface area contributed by atoms with Crippen LogP contribution in [0.4, 0.5) is 0 Å². The molecule has 1 amide bonds. The van der Waals surface area contributed by atoms with Gasteiger partial charge in [0.15, 0.2) is 0 Å². The number of hydrogen-bond donors (Lipinski definition) is 2. The zero-order chi connectivity index (χ0) is 15.4. The molecule has 2 rings (SSSR count). The number of carbonyl (C=O) groups is 2. The number of carboxylic acid groups (broad SMARTS) is 1. The van der Waals surface area contributed by atoms with Gasteiger partial charge in [-0.05, 0) is 12.1 Å². The summed E-state index contributed by atoms with van der Waals surface area (Å²) in [5, 5.41) is 12.2. The van der Waals surface area contributed by atoms with Gasteiger partial charge >= 0.3 is 5.97 Å². The Balaban J connectivity index is 1.91. The van der Waals surface area contributed by atoms with Gasteiger partial charge in [0.1, 0.15) is 6.04 Å². The molecule has 0 saturated carbocycles. The van der Waals surface area contributed by atoms with Gasteiger partial charge in [0.25, 0.3) is 0 Å². The largest absolute Gasteiger partial charge is 0.480 e. The molecule has 1 fully saturated rings. The lowest BCUT2D eigenvalue weighted by Crippen LogP contribution is -2.57. The molecule has 0 radical (unpaired) electrons. The van der Waals surface area contributed by atoms with Crippen molar-refractivity contribution in [3.05, 3.63) is 21.3 Å². The molecule has 8 heteroatoms. The van der Waals surface area contributed by atoms with Crippen LogP contribution in [0.1, 0.15) is 4.88 Å². The molecule has 1 aliphatic rings. The van der Waals surface area contributed by atoms with Gasteiger partial charge < -0.3 is 15.3 Å². The zero-order valence-electron chi connectivity index (χ0n) is 11.7. The first-order valence-electron chi connectivity index (χ1n) is 6.63. The molecule has 1 aromatic heterocycles. The van der Waals surface area contributed by atoms with Gasteiger partial charge in [0, 0.05) is 31.6 Å². The minimum absolute atomic E-state index is 0.0901. The van der Waals surface area contributed by atoms with Crippen molar-refractivity contribution >= 4 is 34.8 Å². The summed E-state index contributed by atoms with van der Waals surface area (Å²) < 4.78 is 0.693. The van der Waals surface area contributed by atoms with Crippen molar-refractivity contribution in [2.24, 2.45) is 0 Å². The second kappa shape index (κ2) is 7.22. The summed E-state index contributed by atoms with van der Waals surface area (Å²) >= 11 is 7.31. The summed E-state index contributed by atoms with van der Waals surface area (Å²) in [5.74, 6) is -0.990. The number of aliphatic carboxylic acids is 1. The molecule has 2 heterocycles. The van der Waals surface area contributed by atoms with Crippen molar-refractivity contribution in [2.75, 3.05) is 33.2 Å². The predicted molar refractivity (Wildman–Crippen MR) is 81.7 cm³/mol. The number of rotatable bonds is 5. The van der Waals surface area contributed by atoms with Crippen molar-refractivity contribution in [3.63, 3.8) is 0 Å². The average Bonchev–Trinajstić information content (AvgIpc) is 2.84. The zero-order valence-corrected chi connectivity index (χ0v) is 13.3. The van der Waals surface area contributed by atoms with E-state index in [2.05, 4.69) is 5.32 Å². The number of nitrogens with zero attached hydrogens (tertiary/aromatic N) is 2. The summed E-state index contributed by atoms with van der Waals surface area (Å²) in [7, 11) is 1.72. The number of hydrogen-bond acceptors (Lipinski definition) is 5. The molecule has 1 saturated heterocycles. The molecule has 21 heavy (non-hydrogen) atoms. The van der Waals surface area contributed by atoms with Crippen LogP contribution in [-0.4, -0.2) is 66.1 Å². The number of likely N-dealkylation sites (N-methyl/N-ethyl adjacent to an activating group) is 1. The molecule has 1 aromatic rings. The lowest BCUT2D eigenvalue weighted by molar-refractivity contribution is -0.145. The Morgan fingerprint density at radius 1 is 1.57 bits per heavy atom. The standard InChI is InChI=1S/C13H18ClN3O3S/c1-16(7-9-2-3-11(14)21-9)12(18)8-17-5-4-15-6-10(17)13(19)20/h2-3,10,15H,4-8H2,1H3,(H,19,20). The molecular formula is C13H18ClN3O3S. The lowest BCUT2D eigenvalue weighted by atomic mass is 10.2. The smallest absolute Gasteiger partial charge is 0.322 e. The Morgan fingerprint density at radius 3 is 2.95 bits per heavy atom. The van der Waals surface area contributed by atoms with Crippen LogP contribution in [0.25, 0.3) is 0 Å². The molecule has 0 aliphatic carbocycles. The first-order chi connectivity index (χ1) is 9.97. The van der Waals surface area contributed by atoms with Gasteiger partial charge in [-0.15, -0.1) is 11.3 Å². The van der Waals surface area contributed by atoms with Gasteiger partial charge in [-0.1, -0.05) is 11.6 Å². The van der Waals surface area contributed by atoms with Crippen LogP contribution in [0.3, 0.4) is 0 Å². The van der Waals surface area contributed by atoms with E-state index in [0.29, 0.717) is 30.5 Å². The van der Waals surface area contributed by atoms with Crippen LogP contribution in [-0.2, 0) is 16.1 Å². The van der Waals surface area contributed by atoms with E-state index in [9.17, 15) is 14.7 Å². The van der Waals surface area contributed by atoms with E-state index in [1.165, 1.54) is 11.3 Å². The maximum atomic E-state index is 12.2. The van der Waals surface area contributed by atoms with Crippen LogP contribution >= 0.6 is 22.9 Å². The van der Waals surface area contributed by atoms with E-state index in [0.717, 1.165) is 4.88 Å². The van der Waals surface area contributed by atoms with Crippen LogP contribution in [0.2, 0.25) is 4.34 Å². The normalized spacial score (nSPS) is 19.4. The van der Waals surface area contributed by atoms with Gasteiger partial charge in [0.05, 0.1) is 17.4 Å². The van der Waals surface area contributed by atoms with E-state index in [1.807, 2.05) is 6.07 Å². The van der Waals surface area contributed by atoms with Crippen LogP contribution in [0.5, 0.6) is 0 Å². The number of halogens is 1. The minimum Gasteiger partial charge on any atom is -0.480 e. The maximum Gasteiger partial charge on any atom is 0.322 e. The fraction of sp³-hybridized carbons (Fsp3) is 0.538. The Bertz CT molecular complexity index is 523. The van der Waals surface area contributed by atoms with Gasteiger partial charge in [0.2, 0.25) is 5.91 Å². The molecule has 2 N–H and O–H groups in total. The molecule has 0 aromatic carbocycles. The number of piperazine rings is 1. The third-order valence-electron chi connectivity index (χ3n) is 3.43. The van der Waals surface area contributed by atoms with E-state index in [1.54, 1.807) is 22.9 Å². The van der Waals surface area contributed by atoms with Crippen LogP contribution < -0.4 is 5.32 Å². The highest BCUT2D eigenvalue weighted by molar-refractivity contribution is 7.16. The van der Waals surface area contributed by atoms with Crippen molar-refractivity contribution in [2.45, 2.75) is 12.6 Å². The molecule has 1 atom stereocenters. The monoisotopic (exact) mass is 331 g/mol. The van der Waals surface area contributed by atoms with Crippen LogP contribution in [0, 0.1) is 0 Å². The number of amides is 1. The van der Waals surface area contributed by atoms with Gasteiger partial charge in [-0.3, -0.25) is 14.5 Å². The summed E-state index contributed by atoms with van der Waals surface area (Å²) in [6.45, 7) is 2.23. The first-order valence-corrected chi connectivity index (χ1v) is 7.82. The Hall–Kier alpha value is -1.15. The predicted octanol–water partition coefficient (Wildman–Crippen LogP) is 0.718. The topological polar surface area (TPSA) is 72.9 Å². The first kappa shape index (κ1) is 16.2. The highest BCUT2D eigenvalue weighted by atomic mass is 35.5. The third kappa shape index (κ3) is 4.41. The number of thiophene rings is 1. The number of nitrogens with one attached hydrogen (secondary N) is 1. The fourth-order valence-electron chi connectivity index (χ4n) is 2.23. The molecule has 1 aliphatic heterocycles. The molecule has 0 bridgehead atoms. The van der Waals surface area contributed by atoms with Crippen molar-refractivity contribution in [3.8, 4) is 0 Å². The Labute approximate surface area is 132 Å². The second-order valence-electron chi connectivity index (χ2n) is 4.98. The van der Waals surface area contributed by atoms with E-state index < -0.39 is 12.0 Å². The molecular weight excluding hydrogens is 314 g/mol. The van der Waals surface area contributed by atoms with Crippen molar-refractivity contribution in [1.82, 2.24) is 15.1 Å². The fourth-order valence-corrected chi connectivity index (χ4v) is 3.37. The SMILES string of the molecule is CN(Cc1ccc(Cl)s1)C(=O)CN1CCNCC1C(=O)O. The highest BCUT2D eigenvalue weighted by Gasteiger charge is 2.30. The molecule has 0 spiro atoms. The van der Waals surface area contributed by atoms with Gasteiger partial charge in [-0.25, -0.2) is 0 Å². The maximum absolute atomic E-state index is 12.2. The Kier molecular flexibility index (Phi) is 5.58. The third-order valence-corrected chi connectivity index (χ3v) is 4.64.